The van der Waals surface area contributed by atoms with E-state index in [9.17, 15) is 0 Å². The molecule has 2 rings (SSSR count). The summed E-state index contributed by atoms with van der Waals surface area (Å²) >= 11 is 0. The van der Waals surface area contributed by atoms with Crippen molar-refractivity contribution in [3.8, 4) is 17.2 Å². The first-order valence-corrected chi connectivity index (χ1v) is 8.38. The lowest BCUT2D eigenvalue weighted by Crippen LogP contribution is -2.24. The lowest BCUT2D eigenvalue weighted by Gasteiger charge is -2.23. The summed E-state index contributed by atoms with van der Waals surface area (Å²) in [5.74, 6) is 2.43. The normalized spacial score (nSPS) is 11.8. The van der Waals surface area contributed by atoms with E-state index in [-0.39, 0.29) is 11.6 Å². The molecule has 2 aromatic rings. The third-order valence-corrected chi connectivity index (χ3v) is 3.48. The Bertz CT molecular complexity index is 767. The number of benzene rings is 2. The number of ether oxygens (including phenoxy) is 3. The van der Waals surface area contributed by atoms with Crippen molar-refractivity contribution in [2.45, 2.75) is 32.9 Å². The molecule has 3 N–H and O–H groups in total. The van der Waals surface area contributed by atoms with E-state index < -0.39 is 0 Å². The fourth-order valence-corrected chi connectivity index (χ4v) is 2.32. The molecule has 6 heteroatoms. The summed E-state index contributed by atoms with van der Waals surface area (Å²) in [5, 5.41) is 3.06. The van der Waals surface area contributed by atoms with Crippen LogP contribution in [-0.2, 0) is 6.54 Å². The van der Waals surface area contributed by atoms with Crippen LogP contribution in [0.3, 0.4) is 0 Å². The first kappa shape index (κ1) is 19.4. The largest absolute Gasteiger partial charge is 0.497 e. The van der Waals surface area contributed by atoms with Gasteiger partial charge in [0, 0.05) is 11.6 Å². The Labute approximate surface area is 155 Å². The second kappa shape index (κ2) is 8.47. The molecule has 0 saturated heterocycles. The molecule has 140 valence electrons. The minimum atomic E-state index is -0.280. The van der Waals surface area contributed by atoms with Gasteiger partial charge in [0.15, 0.2) is 5.96 Å². The van der Waals surface area contributed by atoms with Crippen LogP contribution in [0, 0.1) is 0 Å². The minimum Gasteiger partial charge on any atom is -0.497 e. The van der Waals surface area contributed by atoms with Gasteiger partial charge >= 0.3 is 0 Å². The molecule has 0 aliphatic rings. The van der Waals surface area contributed by atoms with Crippen molar-refractivity contribution in [1.29, 1.82) is 0 Å². The number of nitrogens with two attached hydrogens (primary N) is 1. The first-order chi connectivity index (χ1) is 12.3. The van der Waals surface area contributed by atoms with Gasteiger partial charge in [-0.05, 0) is 39.0 Å². The van der Waals surface area contributed by atoms with E-state index in [1.807, 2.05) is 51.1 Å². The van der Waals surface area contributed by atoms with Gasteiger partial charge in [-0.3, -0.25) is 0 Å². The van der Waals surface area contributed by atoms with Gasteiger partial charge in [-0.2, -0.15) is 0 Å². The second-order valence-corrected chi connectivity index (χ2v) is 6.71. The maximum Gasteiger partial charge on any atom is 0.193 e. The van der Waals surface area contributed by atoms with Crippen LogP contribution in [0.15, 0.2) is 47.5 Å². The van der Waals surface area contributed by atoms with E-state index in [1.165, 1.54) is 0 Å². The molecule has 0 atom stereocenters. The number of nitrogens with zero attached hydrogens (tertiary/aromatic N) is 1. The summed E-state index contributed by atoms with van der Waals surface area (Å²) in [6, 6.07) is 13.2. The van der Waals surface area contributed by atoms with Gasteiger partial charge < -0.3 is 25.3 Å². The minimum absolute atomic E-state index is 0.280. The number of guanidine groups is 1. The molecule has 0 saturated carbocycles. The highest BCUT2D eigenvalue weighted by atomic mass is 16.5. The quantitative estimate of drug-likeness (QED) is 0.607. The molecular formula is C20H27N3O3. The molecule has 0 unspecified atom stereocenters. The Morgan fingerprint density at radius 2 is 1.77 bits per heavy atom. The van der Waals surface area contributed by atoms with E-state index in [2.05, 4.69) is 10.3 Å². The van der Waals surface area contributed by atoms with Gasteiger partial charge in [-0.1, -0.05) is 18.2 Å². The molecule has 0 aromatic heterocycles. The zero-order valence-corrected chi connectivity index (χ0v) is 16.0. The molecule has 0 aliphatic heterocycles. The van der Waals surface area contributed by atoms with Gasteiger partial charge in [-0.25, -0.2) is 4.99 Å². The Hall–Kier alpha value is -2.89. The molecule has 0 spiro atoms. The highest BCUT2D eigenvalue weighted by Crippen LogP contribution is 2.29. The summed E-state index contributed by atoms with van der Waals surface area (Å²) in [5.41, 5.74) is 7.42. The lowest BCUT2D eigenvalue weighted by molar-refractivity contribution is 0.129. The summed E-state index contributed by atoms with van der Waals surface area (Å²) in [6.45, 7) is 6.44. The van der Waals surface area contributed by atoms with E-state index in [4.69, 9.17) is 19.9 Å². The lowest BCUT2D eigenvalue weighted by atomic mass is 10.1. The first-order valence-electron chi connectivity index (χ1n) is 8.38. The molecule has 6 nitrogen and oxygen atoms in total. The third kappa shape index (κ3) is 5.58. The average Bonchev–Trinajstić information content (AvgIpc) is 2.59. The molecule has 0 fully saturated rings. The van der Waals surface area contributed by atoms with Gasteiger partial charge in [0.05, 0.1) is 26.5 Å². The van der Waals surface area contributed by atoms with Crippen molar-refractivity contribution in [1.82, 2.24) is 0 Å². The fourth-order valence-electron chi connectivity index (χ4n) is 2.32. The van der Waals surface area contributed by atoms with Gasteiger partial charge in [0.25, 0.3) is 0 Å². The summed E-state index contributed by atoms with van der Waals surface area (Å²) < 4.78 is 16.6. The summed E-state index contributed by atoms with van der Waals surface area (Å²) in [7, 11) is 3.20. The maximum atomic E-state index is 6.05. The van der Waals surface area contributed by atoms with Crippen molar-refractivity contribution in [2.75, 3.05) is 19.5 Å². The molecule has 0 heterocycles. The maximum absolute atomic E-state index is 6.05. The number of anilines is 1. The third-order valence-electron chi connectivity index (χ3n) is 3.48. The van der Waals surface area contributed by atoms with E-state index >= 15 is 0 Å². The summed E-state index contributed by atoms with van der Waals surface area (Å²) in [6.07, 6.45) is 0. The summed E-state index contributed by atoms with van der Waals surface area (Å²) in [4.78, 5) is 4.42. The fraction of sp³-hybridized carbons (Fsp3) is 0.350. The van der Waals surface area contributed by atoms with Crippen molar-refractivity contribution < 1.29 is 14.2 Å². The molecule has 0 aliphatic carbocycles. The van der Waals surface area contributed by atoms with Crippen LogP contribution in [0.4, 0.5) is 5.69 Å². The number of methoxy groups -OCH3 is 2. The Kier molecular flexibility index (Phi) is 6.33. The molecule has 0 amide bonds. The van der Waals surface area contributed by atoms with Crippen LogP contribution in [0.25, 0.3) is 0 Å². The van der Waals surface area contributed by atoms with Crippen LogP contribution in [-0.4, -0.2) is 25.8 Å². The van der Waals surface area contributed by atoms with E-state index in [1.54, 1.807) is 26.4 Å². The van der Waals surface area contributed by atoms with Crippen LogP contribution in [0.5, 0.6) is 17.2 Å². The Morgan fingerprint density at radius 3 is 2.42 bits per heavy atom. The van der Waals surface area contributed by atoms with E-state index in [0.29, 0.717) is 23.7 Å². The zero-order chi connectivity index (χ0) is 19.2. The number of hydrogen-bond acceptors (Lipinski definition) is 4. The number of para-hydroxylation sites is 1. The molecule has 0 bridgehead atoms. The van der Waals surface area contributed by atoms with Gasteiger partial charge in [-0.15, -0.1) is 0 Å². The predicted molar refractivity (Wildman–Crippen MR) is 105 cm³/mol. The van der Waals surface area contributed by atoms with Gasteiger partial charge in [0.1, 0.15) is 22.8 Å². The molecular weight excluding hydrogens is 330 g/mol. The second-order valence-electron chi connectivity index (χ2n) is 6.71. The molecule has 0 radical (unpaired) electrons. The van der Waals surface area contributed by atoms with Gasteiger partial charge in [0.2, 0.25) is 0 Å². The van der Waals surface area contributed by atoms with Crippen molar-refractivity contribution in [3.63, 3.8) is 0 Å². The van der Waals surface area contributed by atoms with Crippen molar-refractivity contribution in [2.24, 2.45) is 10.7 Å². The number of rotatable bonds is 6. The zero-order valence-electron chi connectivity index (χ0n) is 16.0. The number of hydrogen-bond donors (Lipinski definition) is 2. The number of nitrogens with one attached hydrogen (secondary N) is 1. The highest BCUT2D eigenvalue weighted by Gasteiger charge is 2.14. The van der Waals surface area contributed by atoms with Crippen LogP contribution in [0.1, 0.15) is 26.3 Å². The molecule has 2 aromatic carbocycles. The van der Waals surface area contributed by atoms with Crippen LogP contribution < -0.4 is 25.3 Å². The Morgan fingerprint density at radius 1 is 1.04 bits per heavy atom. The monoisotopic (exact) mass is 357 g/mol. The highest BCUT2D eigenvalue weighted by molar-refractivity contribution is 5.94. The molecule has 26 heavy (non-hydrogen) atoms. The van der Waals surface area contributed by atoms with Crippen molar-refractivity contribution in [3.05, 3.63) is 48.0 Å². The SMILES string of the molecule is COc1ccc(OC)c(NC(N)=NCc2ccccc2OC(C)(C)C)c1. The number of aliphatic imine (C=N–C) groups is 1. The van der Waals surface area contributed by atoms with Crippen LogP contribution in [0.2, 0.25) is 0 Å². The topological polar surface area (TPSA) is 78.1 Å². The van der Waals surface area contributed by atoms with Crippen LogP contribution >= 0.6 is 0 Å². The smallest absolute Gasteiger partial charge is 0.193 e. The Balaban J connectivity index is 2.15. The van der Waals surface area contributed by atoms with E-state index in [0.717, 1.165) is 11.3 Å². The average molecular weight is 357 g/mol. The predicted octanol–water partition coefficient (Wildman–Crippen LogP) is 3.81. The van der Waals surface area contributed by atoms with Crippen molar-refractivity contribution >= 4 is 11.6 Å². The standard InChI is InChI=1S/C20H27N3O3/c1-20(2,3)26-17-9-7-6-8-14(17)13-22-19(21)23-16-12-15(24-4)10-11-18(16)25-5/h6-12H,13H2,1-5H3,(H3,21,22,23).